The molecule has 2 rings (SSSR count). The quantitative estimate of drug-likeness (QED) is 0.698. The zero-order valence-corrected chi connectivity index (χ0v) is 14.8. The van der Waals surface area contributed by atoms with Crippen LogP contribution < -0.4 is 0 Å². The number of benzene rings is 1. The van der Waals surface area contributed by atoms with Gasteiger partial charge in [-0.3, -0.25) is 0 Å². The molecule has 0 bridgehead atoms. The predicted octanol–water partition coefficient (Wildman–Crippen LogP) is 5.20. The Morgan fingerprint density at radius 1 is 1.14 bits per heavy atom. The largest absolute Gasteiger partial charge is 0.302 e. The molecular formula is C21H31N. The highest BCUT2D eigenvalue weighted by Gasteiger charge is 2.18. The standard InChI is InChI=1S/C21H31N/c1-6-7-16(2)20-11-8-18(9-12-20)15-19-10-13-21(22(4)5)17(3)14-19/h8-14,16-17,21H,6-7,15H2,1-5H3. The van der Waals surface area contributed by atoms with Crippen molar-refractivity contribution >= 4 is 0 Å². The van der Waals surface area contributed by atoms with E-state index >= 15 is 0 Å². The number of rotatable bonds is 6. The highest BCUT2D eigenvalue weighted by molar-refractivity contribution is 5.34. The van der Waals surface area contributed by atoms with Gasteiger partial charge in [0, 0.05) is 6.04 Å². The van der Waals surface area contributed by atoms with E-state index in [0.29, 0.717) is 17.9 Å². The van der Waals surface area contributed by atoms with Crippen molar-refractivity contribution in [3.8, 4) is 0 Å². The molecule has 1 aromatic rings. The summed E-state index contributed by atoms with van der Waals surface area (Å²) in [6.07, 6.45) is 10.7. The molecule has 0 fully saturated rings. The van der Waals surface area contributed by atoms with E-state index in [9.17, 15) is 0 Å². The molecule has 1 nitrogen and oxygen atoms in total. The van der Waals surface area contributed by atoms with Gasteiger partial charge in [-0.2, -0.15) is 0 Å². The molecule has 0 spiro atoms. The van der Waals surface area contributed by atoms with Gasteiger partial charge in [-0.1, -0.05) is 69.7 Å². The molecule has 0 aliphatic heterocycles. The van der Waals surface area contributed by atoms with E-state index in [2.05, 4.69) is 82.3 Å². The van der Waals surface area contributed by atoms with Crippen molar-refractivity contribution in [3.63, 3.8) is 0 Å². The van der Waals surface area contributed by atoms with Crippen LogP contribution in [0.1, 0.15) is 50.7 Å². The maximum absolute atomic E-state index is 2.43. The first-order chi connectivity index (χ1) is 10.5. The van der Waals surface area contributed by atoms with Crippen LogP contribution in [0.3, 0.4) is 0 Å². The van der Waals surface area contributed by atoms with Crippen LogP contribution in [-0.4, -0.2) is 25.0 Å². The Morgan fingerprint density at radius 2 is 1.82 bits per heavy atom. The van der Waals surface area contributed by atoms with Crippen molar-refractivity contribution < 1.29 is 0 Å². The van der Waals surface area contributed by atoms with Gasteiger partial charge in [0.25, 0.3) is 0 Å². The summed E-state index contributed by atoms with van der Waals surface area (Å²) >= 11 is 0. The lowest BCUT2D eigenvalue weighted by atomic mass is 9.89. The van der Waals surface area contributed by atoms with Gasteiger partial charge in [0.15, 0.2) is 0 Å². The van der Waals surface area contributed by atoms with E-state index < -0.39 is 0 Å². The molecule has 0 saturated heterocycles. The molecule has 3 unspecified atom stereocenters. The zero-order valence-electron chi connectivity index (χ0n) is 14.8. The van der Waals surface area contributed by atoms with E-state index in [-0.39, 0.29) is 0 Å². The molecule has 0 aromatic heterocycles. The lowest BCUT2D eigenvalue weighted by molar-refractivity contribution is 0.293. The van der Waals surface area contributed by atoms with Crippen LogP contribution in [-0.2, 0) is 6.42 Å². The molecule has 1 heteroatoms. The Hall–Kier alpha value is -1.34. The van der Waals surface area contributed by atoms with E-state index in [1.165, 1.54) is 29.5 Å². The van der Waals surface area contributed by atoms with Gasteiger partial charge in [0.1, 0.15) is 0 Å². The maximum Gasteiger partial charge on any atom is 0.0335 e. The second-order valence-electron chi connectivity index (χ2n) is 7.02. The number of nitrogens with zero attached hydrogens (tertiary/aromatic N) is 1. The average Bonchev–Trinajstić information content (AvgIpc) is 2.48. The molecule has 3 atom stereocenters. The van der Waals surface area contributed by atoms with Crippen LogP contribution in [0.4, 0.5) is 0 Å². The van der Waals surface area contributed by atoms with Crippen molar-refractivity contribution in [3.05, 3.63) is 59.2 Å². The van der Waals surface area contributed by atoms with Crippen molar-refractivity contribution in [2.24, 2.45) is 5.92 Å². The fraction of sp³-hybridized carbons (Fsp3) is 0.524. The number of likely N-dealkylation sites (N-methyl/N-ethyl adjacent to an activating group) is 1. The van der Waals surface area contributed by atoms with Crippen molar-refractivity contribution in [2.75, 3.05) is 14.1 Å². The van der Waals surface area contributed by atoms with Crippen LogP contribution in [0.5, 0.6) is 0 Å². The maximum atomic E-state index is 2.43. The minimum absolute atomic E-state index is 0.529. The summed E-state index contributed by atoms with van der Waals surface area (Å²) in [6, 6.07) is 9.77. The molecular weight excluding hydrogens is 266 g/mol. The third-order valence-electron chi connectivity index (χ3n) is 4.80. The summed E-state index contributed by atoms with van der Waals surface area (Å²) in [4.78, 5) is 2.29. The van der Waals surface area contributed by atoms with Crippen molar-refractivity contribution in [1.82, 2.24) is 4.90 Å². The van der Waals surface area contributed by atoms with Crippen molar-refractivity contribution in [2.45, 2.75) is 52.0 Å². The Labute approximate surface area is 136 Å². The lowest BCUT2D eigenvalue weighted by Gasteiger charge is -2.29. The van der Waals surface area contributed by atoms with Gasteiger partial charge in [0.05, 0.1) is 0 Å². The summed E-state index contributed by atoms with van der Waals surface area (Å²) in [5.74, 6) is 1.26. The van der Waals surface area contributed by atoms with Gasteiger partial charge >= 0.3 is 0 Å². The molecule has 0 radical (unpaired) electrons. The number of allylic oxidation sites excluding steroid dienone is 2. The van der Waals surface area contributed by atoms with Gasteiger partial charge in [-0.05, 0) is 55.5 Å². The minimum Gasteiger partial charge on any atom is -0.302 e. The highest BCUT2D eigenvalue weighted by Crippen LogP contribution is 2.24. The summed E-state index contributed by atoms with van der Waals surface area (Å²) < 4.78 is 0. The van der Waals surface area contributed by atoms with Crippen molar-refractivity contribution in [1.29, 1.82) is 0 Å². The van der Waals surface area contributed by atoms with Crippen LogP contribution in [0.2, 0.25) is 0 Å². The normalized spacial score (nSPS) is 22.7. The van der Waals surface area contributed by atoms with E-state index in [4.69, 9.17) is 0 Å². The van der Waals surface area contributed by atoms with Gasteiger partial charge in [-0.15, -0.1) is 0 Å². The summed E-state index contributed by atoms with van der Waals surface area (Å²) in [7, 11) is 4.31. The molecule has 1 aliphatic carbocycles. The van der Waals surface area contributed by atoms with E-state index in [0.717, 1.165) is 6.42 Å². The fourth-order valence-electron chi connectivity index (χ4n) is 3.45. The monoisotopic (exact) mass is 297 g/mol. The number of hydrogen-bond acceptors (Lipinski definition) is 1. The topological polar surface area (TPSA) is 3.24 Å². The van der Waals surface area contributed by atoms with Gasteiger partial charge < -0.3 is 4.90 Å². The van der Waals surface area contributed by atoms with Crippen LogP contribution in [0.25, 0.3) is 0 Å². The first-order valence-electron chi connectivity index (χ1n) is 8.65. The molecule has 1 aromatic carbocycles. The molecule has 0 N–H and O–H groups in total. The molecule has 0 saturated carbocycles. The summed E-state index contributed by atoms with van der Waals surface area (Å²) in [5.41, 5.74) is 4.33. The van der Waals surface area contributed by atoms with E-state index in [1.807, 2.05) is 0 Å². The predicted molar refractivity (Wildman–Crippen MR) is 97.3 cm³/mol. The molecule has 120 valence electrons. The second-order valence-corrected chi connectivity index (χ2v) is 7.02. The van der Waals surface area contributed by atoms with Crippen LogP contribution in [0.15, 0.2) is 48.1 Å². The lowest BCUT2D eigenvalue weighted by Crippen LogP contribution is -2.32. The Balaban J connectivity index is 2.00. The Kier molecular flexibility index (Phi) is 6.02. The fourth-order valence-corrected chi connectivity index (χ4v) is 3.45. The first kappa shape index (κ1) is 17.0. The van der Waals surface area contributed by atoms with Crippen LogP contribution >= 0.6 is 0 Å². The smallest absolute Gasteiger partial charge is 0.0335 e. The molecule has 0 heterocycles. The second kappa shape index (κ2) is 7.78. The zero-order chi connectivity index (χ0) is 16.1. The third-order valence-corrected chi connectivity index (χ3v) is 4.80. The Bertz CT molecular complexity index is 521. The molecule has 1 aliphatic rings. The summed E-state index contributed by atoms with van der Waals surface area (Å²) in [6.45, 7) is 6.90. The van der Waals surface area contributed by atoms with Gasteiger partial charge in [0.2, 0.25) is 0 Å². The third kappa shape index (κ3) is 4.33. The highest BCUT2D eigenvalue weighted by atomic mass is 15.1. The first-order valence-corrected chi connectivity index (χ1v) is 8.65. The average molecular weight is 297 g/mol. The van der Waals surface area contributed by atoms with Gasteiger partial charge in [-0.25, -0.2) is 0 Å². The molecule has 0 amide bonds. The minimum atomic E-state index is 0.529. The van der Waals surface area contributed by atoms with E-state index in [1.54, 1.807) is 0 Å². The number of hydrogen-bond donors (Lipinski definition) is 0. The summed E-state index contributed by atoms with van der Waals surface area (Å²) in [5, 5.41) is 0. The van der Waals surface area contributed by atoms with Crippen LogP contribution in [0, 0.1) is 5.92 Å². The SMILES string of the molecule is CCCC(C)c1ccc(CC2=CC(C)C(N(C)C)C=C2)cc1. The Morgan fingerprint density at radius 3 is 2.36 bits per heavy atom. The molecule has 22 heavy (non-hydrogen) atoms.